The Morgan fingerprint density at radius 1 is 1.12 bits per heavy atom. The number of rotatable bonds is 6. The summed E-state index contributed by atoms with van der Waals surface area (Å²) in [6.45, 7) is 5.22. The van der Waals surface area contributed by atoms with Gasteiger partial charge >= 0.3 is 0 Å². The first kappa shape index (κ1) is 19.2. The summed E-state index contributed by atoms with van der Waals surface area (Å²) in [5.74, 6) is -0.268. The molecular weight excluding hydrogens is 336 g/mol. The Morgan fingerprint density at radius 2 is 1.85 bits per heavy atom. The highest BCUT2D eigenvalue weighted by Crippen LogP contribution is 2.09. The van der Waals surface area contributed by atoms with Crippen molar-refractivity contribution in [2.45, 2.75) is 20.8 Å². The molecule has 2 aromatic rings. The van der Waals surface area contributed by atoms with Gasteiger partial charge in [-0.3, -0.25) is 14.4 Å². The highest BCUT2D eigenvalue weighted by molar-refractivity contribution is 5.98. The van der Waals surface area contributed by atoms with Crippen LogP contribution in [0.1, 0.15) is 27.2 Å². The third-order valence-corrected chi connectivity index (χ3v) is 3.87. The molecule has 0 fully saturated rings. The molecule has 26 heavy (non-hydrogen) atoms. The van der Waals surface area contributed by atoms with Crippen LogP contribution in [0.4, 0.5) is 5.82 Å². The highest BCUT2D eigenvalue weighted by atomic mass is 16.5. The van der Waals surface area contributed by atoms with E-state index in [0.717, 1.165) is 11.1 Å². The summed E-state index contributed by atoms with van der Waals surface area (Å²) in [5, 5.41) is 8.74. The van der Waals surface area contributed by atoms with Gasteiger partial charge in [0.1, 0.15) is 5.76 Å². The molecule has 0 saturated heterocycles. The zero-order chi connectivity index (χ0) is 19.3. The van der Waals surface area contributed by atoms with Gasteiger partial charge in [0.2, 0.25) is 11.8 Å². The van der Waals surface area contributed by atoms with E-state index in [-0.39, 0.29) is 30.7 Å². The monoisotopic (exact) mass is 358 g/mol. The largest absolute Gasteiger partial charge is 0.360 e. The van der Waals surface area contributed by atoms with Crippen LogP contribution in [0.25, 0.3) is 0 Å². The van der Waals surface area contributed by atoms with Crippen LogP contribution in [-0.4, -0.2) is 47.9 Å². The van der Waals surface area contributed by atoms with E-state index in [2.05, 4.69) is 15.8 Å². The molecule has 1 heterocycles. The van der Waals surface area contributed by atoms with Crippen molar-refractivity contribution in [3.8, 4) is 0 Å². The normalized spacial score (nSPS) is 10.3. The highest BCUT2D eigenvalue weighted by Gasteiger charge is 2.15. The number of likely N-dealkylation sites (N-methyl/N-ethyl adjacent to an activating group) is 1. The minimum absolute atomic E-state index is 0.162. The van der Waals surface area contributed by atoms with Crippen LogP contribution >= 0.6 is 0 Å². The number of amides is 3. The van der Waals surface area contributed by atoms with E-state index in [9.17, 15) is 14.4 Å². The summed E-state index contributed by atoms with van der Waals surface area (Å²) in [6.07, 6.45) is 0. The number of nitrogens with zero attached hydrogens (tertiary/aromatic N) is 2. The van der Waals surface area contributed by atoms with Crippen LogP contribution in [0, 0.1) is 20.8 Å². The molecular formula is C18H22N4O4. The predicted molar refractivity (Wildman–Crippen MR) is 95.8 cm³/mol. The lowest BCUT2D eigenvalue weighted by Crippen LogP contribution is -2.41. The van der Waals surface area contributed by atoms with Crippen molar-refractivity contribution < 1.29 is 18.9 Å². The van der Waals surface area contributed by atoms with Gasteiger partial charge in [-0.25, -0.2) is 0 Å². The molecule has 8 heteroatoms. The molecule has 0 saturated carbocycles. The van der Waals surface area contributed by atoms with Crippen molar-refractivity contribution in [3.63, 3.8) is 0 Å². The maximum Gasteiger partial charge on any atom is 0.251 e. The van der Waals surface area contributed by atoms with Gasteiger partial charge in [-0.15, -0.1) is 0 Å². The van der Waals surface area contributed by atoms with Crippen LogP contribution in [0.2, 0.25) is 0 Å². The minimum atomic E-state index is -0.408. The van der Waals surface area contributed by atoms with Crippen LogP contribution in [0.15, 0.2) is 28.8 Å². The van der Waals surface area contributed by atoms with E-state index < -0.39 is 5.91 Å². The van der Waals surface area contributed by atoms with Gasteiger partial charge in [-0.1, -0.05) is 11.2 Å². The molecule has 0 radical (unpaired) electrons. The molecule has 0 bridgehead atoms. The van der Waals surface area contributed by atoms with E-state index in [1.54, 1.807) is 25.1 Å². The maximum absolute atomic E-state index is 12.1. The summed E-state index contributed by atoms with van der Waals surface area (Å²) in [5.41, 5.74) is 2.58. The van der Waals surface area contributed by atoms with Gasteiger partial charge in [0, 0.05) is 18.7 Å². The molecule has 138 valence electrons. The molecule has 0 unspecified atom stereocenters. The number of nitrogens with one attached hydrogen (secondary N) is 2. The lowest BCUT2D eigenvalue weighted by Gasteiger charge is -2.16. The smallest absolute Gasteiger partial charge is 0.251 e. The fraction of sp³-hybridized carbons (Fsp3) is 0.333. The maximum atomic E-state index is 12.1. The van der Waals surface area contributed by atoms with Crippen LogP contribution in [0.5, 0.6) is 0 Å². The number of benzene rings is 1. The molecule has 2 N–H and O–H groups in total. The van der Waals surface area contributed by atoms with Gasteiger partial charge in [-0.2, -0.15) is 0 Å². The Hall–Kier alpha value is -3.16. The molecule has 3 amide bonds. The van der Waals surface area contributed by atoms with Gasteiger partial charge < -0.3 is 20.1 Å². The van der Waals surface area contributed by atoms with E-state index >= 15 is 0 Å². The van der Waals surface area contributed by atoms with Gasteiger partial charge in [-0.05, 0) is 44.0 Å². The number of aromatic nitrogens is 1. The van der Waals surface area contributed by atoms with E-state index in [0.29, 0.717) is 11.3 Å². The molecule has 0 aliphatic heterocycles. The fourth-order valence-corrected chi connectivity index (χ4v) is 2.19. The van der Waals surface area contributed by atoms with Crippen molar-refractivity contribution in [1.29, 1.82) is 0 Å². The number of carbonyl (C=O) groups is 3. The Morgan fingerprint density at radius 3 is 2.46 bits per heavy atom. The number of hydrogen-bond acceptors (Lipinski definition) is 5. The SMILES string of the molecule is Cc1cc(NC(=O)CN(C)C(=O)CNC(=O)c2ccc(C)c(C)c2)no1. The quantitative estimate of drug-likeness (QED) is 0.813. The Balaban J connectivity index is 1.81. The Kier molecular flexibility index (Phi) is 6.11. The molecule has 1 aromatic carbocycles. The molecule has 1 aromatic heterocycles. The number of aryl methyl sites for hydroxylation is 3. The third-order valence-electron chi connectivity index (χ3n) is 3.87. The van der Waals surface area contributed by atoms with Gasteiger partial charge in [0.05, 0.1) is 13.1 Å². The fourth-order valence-electron chi connectivity index (χ4n) is 2.19. The second kappa shape index (κ2) is 8.28. The molecule has 0 aliphatic rings. The molecule has 0 aliphatic carbocycles. The van der Waals surface area contributed by atoms with Crippen LogP contribution in [-0.2, 0) is 9.59 Å². The number of anilines is 1. The summed E-state index contributed by atoms with van der Waals surface area (Å²) in [7, 11) is 1.48. The Labute approximate surface area is 151 Å². The first-order valence-corrected chi connectivity index (χ1v) is 8.09. The zero-order valence-electron chi connectivity index (χ0n) is 15.3. The minimum Gasteiger partial charge on any atom is -0.360 e. The molecule has 0 spiro atoms. The van der Waals surface area contributed by atoms with E-state index in [1.165, 1.54) is 11.9 Å². The molecule has 8 nitrogen and oxygen atoms in total. The van der Waals surface area contributed by atoms with Crippen LogP contribution in [0.3, 0.4) is 0 Å². The molecule has 2 rings (SSSR count). The van der Waals surface area contributed by atoms with Crippen molar-refractivity contribution in [2.24, 2.45) is 0 Å². The first-order chi connectivity index (χ1) is 12.3. The second-order valence-corrected chi connectivity index (χ2v) is 6.10. The van der Waals surface area contributed by atoms with Crippen LogP contribution < -0.4 is 10.6 Å². The average molecular weight is 358 g/mol. The van der Waals surface area contributed by atoms with E-state index in [1.807, 2.05) is 19.9 Å². The number of hydrogen-bond donors (Lipinski definition) is 2. The predicted octanol–water partition coefficient (Wildman–Crippen LogP) is 1.43. The van der Waals surface area contributed by atoms with E-state index in [4.69, 9.17) is 4.52 Å². The lowest BCUT2D eigenvalue weighted by molar-refractivity contribution is -0.132. The van der Waals surface area contributed by atoms with Crippen molar-refractivity contribution in [1.82, 2.24) is 15.4 Å². The topological polar surface area (TPSA) is 105 Å². The van der Waals surface area contributed by atoms with Crippen molar-refractivity contribution >= 4 is 23.5 Å². The van der Waals surface area contributed by atoms with Crippen molar-refractivity contribution in [3.05, 3.63) is 46.7 Å². The summed E-state index contributed by atoms with van der Waals surface area (Å²) in [6, 6.07) is 6.91. The summed E-state index contributed by atoms with van der Waals surface area (Å²) >= 11 is 0. The van der Waals surface area contributed by atoms with Gasteiger partial charge in [0.15, 0.2) is 5.82 Å². The summed E-state index contributed by atoms with van der Waals surface area (Å²) in [4.78, 5) is 37.3. The lowest BCUT2D eigenvalue weighted by atomic mass is 10.1. The standard InChI is InChI=1S/C18H22N4O4/c1-11-5-6-14(7-12(11)2)18(25)19-9-17(24)22(4)10-16(23)20-15-8-13(3)26-21-15/h5-8H,9-10H2,1-4H3,(H,19,25)(H,20,21,23). The number of carbonyl (C=O) groups excluding carboxylic acids is 3. The van der Waals surface area contributed by atoms with Crippen molar-refractivity contribution in [2.75, 3.05) is 25.5 Å². The zero-order valence-corrected chi connectivity index (χ0v) is 15.3. The summed E-state index contributed by atoms with van der Waals surface area (Å²) < 4.78 is 4.85. The molecule has 0 atom stereocenters. The van der Waals surface area contributed by atoms with Gasteiger partial charge in [0.25, 0.3) is 5.91 Å². The second-order valence-electron chi connectivity index (χ2n) is 6.10. The first-order valence-electron chi connectivity index (χ1n) is 8.09. The third kappa shape index (κ3) is 5.17. The Bertz CT molecular complexity index is 828. The average Bonchev–Trinajstić information content (AvgIpc) is 2.99.